The lowest BCUT2D eigenvalue weighted by Gasteiger charge is -2.19. The lowest BCUT2D eigenvalue weighted by atomic mass is 9.85. The first-order valence-corrected chi connectivity index (χ1v) is 13.6. The van der Waals surface area contributed by atoms with Crippen molar-refractivity contribution >= 4 is 52.2 Å². The molecular formula is C35H23NSi. The maximum atomic E-state index is 4.31. The first-order chi connectivity index (χ1) is 18.4. The molecular weight excluding hydrogens is 462 g/mol. The van der Waals surface area contributed by atoms with E-state index in [-0.39, 0.29) is 0 Å². The van der Waals surface area contributed by atoms with E-state index >= 15 is 0 Å². The van der Waals surface area contributed by atoms with Crippen LogP contribution in [0, 0.1) is 0 Å². The topological polar surface area (TPSA) is 12.9 Å². The highest BCUT2D eigenvalue weighted by atomic mass is 28.2. The number of rotatable bonds is 4. The van der Waals surface area contributed by atoms with Crippen LogP contribution in [0.25, 0.3) is 54.6 Å². The second-order valence-electron chi connectivity index (χ2n) is 9.31. The smallest absolute Gasteiger partial charge is 0.121 e. The van der Waals surface area contributed by atoms with Gasteiger partial charge in [0.25, 0.3) is 0 Å². The lowest BCUT2D eigenvalue weighted by Crippen LogP contribution is -2.26. The summed E-state index contributed by atoms with van der Waals surface area (Å²) in [4.78, 5) is 4.31. The second-order valence-corrected chi connectivity index (χ2v) is 10.7. The second kappa shape index (κ2) is 9.16. The molecule has 0 aliphatic carbocycles. The van der Waals surface area contributed by atoms with Gasteiger partial charge in [-0.25, -0.2) is 0 Å². The molecule has 37 heavy (non-hydrogen) atoms. The van der Waals surface area contributed by atoms with Crippen molar-refractivity contribution in [3.05, 3.63) is 140 Å². The highest BCUT2D eigenvalue weighted by Crippen LogP contribution is 2.44. The van der Waals surface area contributed by atoms with Crippen LogP contribution in [0.3, 0.4) is 0 Å². The monoisotopic (exact) mass is 485 g/mol. The maximum Gasteiger partial charge on any atom is 0.121 e. The Labute approximate surface area is 218 Å². The van der Waals surface area contributed by atoms with Crippen LogP contribution in [0.5, 0.6) is 0 Å². The van der Waals surface area contributed by atoms with Crippen LogP contribution in [0.4, 0.5) is 0 Å². The Morgan fingerprint density at radius 1 is 0.432 bits per heavy atom. The third kappa shape index (κ3) is 3.83. The lowest BCUT2D eigenvalue weighted by molar-refractivity contribution is 1.33. The van der Waals surface area contributed by atoms with E-state index in [1.54, 1.807) is 0 Å². The van der Waals surface area contributed by atoms with Crippen molar-refractivity contribution in [2.75, 3.05) is 0 Å². The van der Waals surface area contributed by atoms with Crippen molar-refractivity contribution in [3.63, 3.8) is 0 Å². The van der Waals surface area contributed by atoms with Crippen LogP contribution < -0.4 is 10.4 Å². The van der Waals surface area contributed by atoms with Gasteiger partial charge in [-0.3, -0.25) is 4.98 Å². The van der Waals surface area contributed by atoms with E-state index in [0.29, 0.717) is 9.52 Å². The summed E-state index contributed by atoms with van der Waals surface area (Å²) in [5, 5.41) is 10.3. The van der Waals surface area contributed by atoms with Gasteiger partial charge in [0.05, 0.1) is 0 Å². The molecule has 0 aliphatic rings. The van der Waals surface area contributed by atoms with Crippen LogP contribution in [0.2, 0.25) is 0 Å². The van der Waals surface area contributed by atoms with Crippen LogP contribution >= 0.6 is 0 Å². The van der Waals surface area contributed by atoms with E-state index in [0.717, 1.165) is 0 Å². The third-order valence-electron chi connectivity index (χ3n) is 7.11. The molecule has 7 rings (SSSR count). The summed E-state index contributed by atoms with van der Waals surface area (Å²) in [5.74, 6) is 0. The van der Waals surface area contributed by atoms with Gasteiger partial charge in [0.2, 0.25) is 0 Å². The first kappa shape index (κ1) is 21.7. The Hall–Kier alpha value is -4.53. The van der Waals surface area contributed by atoms with Gasteiger partial charge in [0.1, 0.15) is 9.52 Å². The SMILES string of the molecule is c1ccc([Si]c2ccc3c(-c4cccc5ccccc45)c4ccccc4c(-c4ccncc4)c3c2)cc1. The van der Waals surface area contributed by atoms with Crippen molar-refractivity contribution in [3.8, 4) is 22.3 Å². The highest BCUT2D eigenvalue weighted by molar-refractivity contribution is 6.67. The summed E-state index contributed by atoms with van der Waals surface area (Å²) < 4.78 is 0. The molecule has 172 valence electrons. The van der Waals surface area contributed by atoms with E-state index in [1.807, 2.05) is 12.4 Å². The minimum absolute atomic E-state index is 0.606. The number of hydrogen-bond donors (Lipinski definition) is 0. The summed E-state index contributed by atoms with van der Waals surface area (Å²) in [6.45, 7) is 0. The predicted octanol–water partition coefficient (Wildman–Crippen LogP) is 7.53. The van der Waals surface area contributed by atoms with Gasteiger partial charge < -0.3 is 0 Å². The van der Waals surface area contributed by atoms with Gasteiger partial charge >= 0.3 is 0 Å². The van der Waals surface area contributed by atoms with Gasteiger partial charge in [-0.1, -0.05) is 126 Å². The van der Waals surface area contributed by atoms with Gasteiger partial charge in [0.15, 0.2) is 0 Å². The molecule has 0 fully saturated rings. The van der Waals surface area contributed by atoms with Crippen molar-refractivity contribution in [2.45, 2.75) is 0 Å². The zero-order chi connectivity index (χ0) is 24.6. The van der Waals surface area contributed by atoms with Crippen LogP contribution in [-0.2, 0) is 0 Å². The Morgan fingerprint density at radius 2 is 1.08 bits per heavy atom. The Morgan fingerprint density at radius 3 is 1.89 bits per heavy atom. The average molecular weight is 486 g/mol. The fraction of sp³-hybridized carbons (Fsp3) is 0. The normalized spacial score (nSPS) is 11.4. The molecule has 1 heterocycles. The molecule has 2 heteroatoms. The number of aromatic nitrogens is 1. The van der Waals surface area contributed by atoms with Crippen LogP contribution in [0.1, 0.15) is 0 Å². The van der Waals surface area contributed by atoms with Crippen molar-refractivity contribution in [1.82, 2.24) is 4.98 Å². The van der Waals surface area contributed by atoms with Crippen LogP contribution in [0.15, 0.2) is 140 Å². The molecule has 0 N–H and O–H groups in total. The van der Waals surface area contributed by atoms with Crippen molar-refractivity contribution < 1.29 is 0 Å². The molecule has 0 saturated heterocycles. The molecule has 2 radical (unpaired) electrons. The third-order valence-corrected chi connectivity index (χ3v) is 8.34. The Kier molecular flexibility index (Phi) is 5.38. The summed E-state index contributed by atoms with van der Waals surface area (Å²) in [5.41, 5.74) is 5.05. The standard InChI is InChI=1S/C35H23NSi/c1-2-11-26(12-3-1)37-27-17-18-32-33(23-27)34(25-19-21-36-22-20-25)30-14-6-7-15-31(30)35(32)29-16-8-10-24-9-4-5-13-28(24)29/h1-23H. The van der Waals surface area contributed by atoms with E-state index in [2.05, 4.69) is 132 Å². The number of nitrogens with zero attached hydrogens (tertiary/aromatic N) is 1. The van der Waals surface area contributed by atoms with Crippen molar-refractivity contribution in [1.29, 1.82) is 0 Å². The number of hydrogen-bond acceptors (Lipinski definition) is 1. The number of benzene rings is 6. The van der Waals surface area contributed by atoms with E-state index in [9.17, 15) is 0 Å². The zero-order valence-electron chi connectivity index (χ0n) is 20.2. The van der Waals surface area contributed by atoms with Crippen LogP contribution in [-0.4, -0.2) is 14.5 Å². The minimum Gasteiger partial charge on any atom is -0.265 e. The fourth-order valence-electron chi connectivity index (χ4n) is 5.51. The molecule has 6 aromatic carbocycles. The molecule has 0 aliphatic heterocycles. The molecule has 0 amide bonds. The quantitative estimate of drug-likeness (QED) is 0.185. The molecule has 0 atom stereocenters. The minimum atomic E-state index is 0.606. The van der Waals surface area contributed by atoms with Gasteiger partial charge in [0, 0.05) is 12.4 Å². The van der Waals surface area contributed by atoms with Crippen molar-refractivity contribution in [2.24, 2.45) is 0 Å². The molecule has 0 bridgehead atoms. The number of fused-ring (bicyclic) bond motifs is 3. The molecule has 0 unspecified atom stereocenters. The average Bonchev–Trinajstić information content (AvgIpc) is 2.97. The largest absolute Gasteiger partial charge is 0.265 e. The van der Waals surface area contributed by atoms with Gasteiger partial charge in [-0.05, 0) is 66.7 Å². The Balaban J connectivity index is 1.61. The van der Waals surface area contributed by atoms with E-state index in [4.69, 9.17) is 0 Å². The highest BCUT2D eigenvalue weighted by Gasteiger charge is 2.18. The molecule has 1 nitrogen and oxygen atoms in total. The Bertz CT molecular complexity index is 1890. The molecule has 1 aromatic heterocycles. The van der Waals surface area contributed by atoms with Gasteiger partial charge in [-0.2, -0.15) is 0 Å². The number of pyridine rings is 1. The van der Waals surface area contributed by atoms with E-state index in [1.165, 1.54) is 64.9 Å². The summed E-state index contributed by atoms with van der Waals surface area (Å²) in [6.07, 6.45) is 3.79. The first-order valence-electron chi connectivity index (χ1n) is 12.6. The molecule has 0 saturated carbocycles. The maximum absolute atomic E-state index is 4.31. The molecule has 7 aromatic rings. The predicted molar refractivity (Wildman–Crippen MR) is 159 cm³/mol. The fourth-order valence-corrected chi connectivity index (χ4v) is 6.58. The summed E-state index contributed by atoms with van der Waals surface area (Å²) in [7, 11) is 0.606. The summed E-state index contributed by atoms with van der Waals surface area (Å²) in [6, 6.07) is 46.3. The summed E-state index contributed by atoms with van der Waals surface area (Å²) >= 11 is 0. The zero-order valence-corrected chi connectivity index (χ0v) is 21.2. The van der Waals surface area contributed by atoms with E-state index < -0.39 is 0 Å². The van der Waals surface area contributed by atoms with Gasteiger partial charge in [-0.15, -0.1) is 0 Å². The molecule has 0 spiro atoms.